The second-order valence-electron chi connectivity index (χ2n) is 8.12. The molecular formula is C25H25FN4O3. The van der Waals surface area contributed by atoms with Gasteiger partial charge in [-0.25, -0.2) is 18.6 Å². The highest BCUT2D eigenvalue weighted by Gasteiger charge is 2.22. The number of carbonyl (C=O) groups is 1. The maximum Gasteiger partial charge on any atom is 0.331 e. The van der Waals surface area contributed by atoms with Gasteiger partial charge in [-0.05, 0) is 67.6 Å². The molecule has 7 nitrogen and oxygen atoms in total. The lowest BCUT2D eigenvalue weighted by Crippen LogP contribution is -2.30. The monoisotopic (exact) mass is 448 g/mol. The lowest BCUT2D eigenvalue weighted by molar-refractivity contribution is 0.0925. The highest BCUT2D eigenvalue weighted by atomic mass is 19.1. The first kappa shape index (κ1) is 22.4. The fraction of sp³-hybridized carbons (Fsp3) is 0.240. The van der Waals surface area contributed by atoms with E-state index in [4.69, 9.17) is 0 Å². The molecule has 0 radical (unpaired) electrons. The number of hydrogen-bond acceptors (Lipinski definition) is 4. The minimum Gasteiger partial charge on any atom is -0.396 e. The second kappa shape index (κ2) is 8.99. The largest absolute Gasteiger partial charge is 0.396 e. The van der Waals surface area contributed by atoms with Crippen molar-refractivity contribution in [1.29, 1.82) is 0 Å². The summed E-state index contributed by atoms with van der Waals surface area (Å²) in [6, 6.07) is 12.8. The van der Waals surface area contributed by atoms with Crippen molar-refractivity contribution < 1.29 is 14.3 Å². The van der Waals surface area contributed by atoms with Crippen LogP contribution in [0.3, 0.4) is 0 Å². The molecule has 1 amide bonds. The Kier molecular flexibility index (Phi) is 6.11. The summed E-state index contributed by atoms with van der Waals surface area (Å²) < 4.78 is 14.6. The predicted molar refractivity (Wildman–Crippen MR) is 124 cm³/mol. The molecule has 0 saturated heterocycles. The molecule has 3 N–H and O–H groups in total. The average Bonchev–Trinajstić information content (AvgIpc) is 3.13. The number of aromatic nitrogens is 3. The highest BCUT2D eigenvalue weighted by Crippen LogP contribution is 2.22. The summed E-state index contributed by atoms with van der Waals surface area (Å²) in [5, 5.41) is 12.3. The van der Waals surface area contributed by atoms with Crippen molar-refractivity contribution >= 4 is 11.6 Å². The van der Waals surface area contributed by atoms with Crippen LogP contribution in [0, 0.1) is 26.6 Å². The molecule has 0 aliphatic carbocycles. The predicted octanol–water partition coefficient (Wildman–Crippen LogP) is 3.61. The van der Waals surface area contributed by atoms with E-state index in [-0.39, 0.29) is 24.5 Å². The van der Waals surface area contributed by atoms with Crippen molar-refractivity contribution in [2.75, 3.05) is 6.61 Å². The Bertz CT molecular complexity index is 1390. The Morgan fingerprint density at radius 2 is 1.85 bits per heavy atom. The molecule has 0 spiro atoms. The zero-order chi connectivity index (χ0) is 23.7. The Balaban J connectivity index is 1.70. The van der Waals surface area contributed by atoms with E-state index in [9.17, 15) is 19.1 Å². The van der Waals surface area contributed by atoms with Crippen LogP contribution in [-0.4, -0.2) is 32.0 Å². The Hall–Kier alpha value is -3.78. The molecule has 170 valence electrons. The number of imidazole rings is 1. The summed E-state index contributed by atoms with van der Waals surface area (Å²) in [7, 11) is 0. The number of H-pyrrole nitrogens is 1. The number of aliphatic hydroxyl groups excluding tert-OH is 1. The van der Waals surface area contributed by atoms with E-state index in [1.165, 1.54) is 16.5 Å². The van der Waals surface area contributed by atoms with Crippen LogP contribution < -0.4 is 11.0 Å². The Labute approximate surface area is 189 Å². The maximum absolute atomic E-state index is 13.3. The third-order valence-electron chi connectivity index (χ3n) is 5.88. The van der Waals surface area contributed by atoms with Crippen LogP contribution in [0.4, 0.5) is 4.39 Å². The van der Waals surface area contributed by atoms with E-state index < -0.39 is 17.6 Å². The van der Waals surface area contributed by atoms with E-state index in [1.807, 2.05) is 32.0 Å². The van der Waals surface area contributed by atoms with E-state index in [1.54, 1.807) is 25.1 Å². The lowest BCUT2D eigenvalue weighted by atomic mass is 10.0. The smallest absolute Gasteiger partial charge is 0.331 e. The second-order valence-corrected chi connectivity index (χ2v) is 8.12. The molecule has 4 aromatic rings. The van der Waals surface area contributed by atoms with Crippen LogP contribution in [0.25, 0.3) is 16.9 Å². The fourth-order valence-electron chi connectivity index (χ4n) is 3.87. The number of rotatable bonds is 6. The molecule has 2 aromatic heterocycles. The summed E-state index contributed by atoms with van der Waals surface area (Å²) in [5.41, 5.74) is 4.85. The Morgan fingerprint density at radius 3 is 2.52 bits per heavy atom. The van der Waals surface area contributed by atoms with Gasteiger partial charge in [0.05, 0.1) is 17.4 Å². The molecule has 2 aromatic carbocycles. The van der Waals surface area contributed by atoms with Gasteiger partial charge in [0.15, 0.2) is 0 Å². The molecule has 0 fully saturated rings. The topological polar surface area (TPSA) is 99.5 Å². The molecule has 8 heteroatoms. The number of benzene rings is 2. The van der Waals surface area contributed by atoms with Crippen LogP contribution in [0.5, 0.6) is 0 Å². The zero-order valence-electron chi connectivity index (χ0n) is 18.6. The summed E-state index contributed by atoms with van der Waals surface area (Å²) >= 11 is 0. The van der Waals surface area contributed by atoms with Gasteiger partial charge in [-0.2, -0.15) is 0 Å². The molecule has 0 unspecified atom stereocenters. The summed E-state index contributed by atoms with van der Waals surface area (Å²) in [5.74, 6) is -0.867. The first-order valence-corrected chi connectivity index (χ1v) is 10.7. The van der Waals surface area contributed by atoms with Gasteiger partial charge in [0.1, 0.15) is 17.2 Å². The highest BCUT2D eigenvalue weighted by molar-refractivity contribution is 5.94. The molecule has 4 rings (SSSR count). The van der Waals surface area contributed by atoms with Gasteiger partial charge >= 0.3 is 5.69 Å². The SMILES string of the molecule is Cc1ccc(-c2cc3nc(C(=O)N[C@H](CCO)c4ccc(F)cc4)c(C)n3c(=O)[nH]2)cc1C. The van der Waals surface area contributed by atoms with Crippen LogP contribution in [0.15, 0.2) is 53.3 Å². The van der Waals surface area contributed by atoms with E-state index >= 15 is 0 Å². The number of fused-ring (bicyclic) bond motifs is 1. The van der Waals surface area contributed by atoms with Crippen LogP contribution in [-0.2, 0) is 0 Å². The molecule has 33 heavy (non-hydrogen) atoms. The standard InChI is InChI=1S/C25H25FN4O3/c1-14-4-5-18(12-15(14)2)21-13-22-29-23(16(3)30(22)25(33)28-21)24(32)27-20(10-11-31)17-6-8-19(26)9-7-17/h4-9,12-13,20,31H,10-11H2,1-3H3,(H,27,32)(H,28,33)/t20-/m1/s1. The lowest BCUT2D eigenvalue weighted by Gasteiger charge is -2.18. The van der Waals surface area contributed by atoms with Gasteiger partial charge in [-0.1, -0.05) is 24.3 Å². The van der Waals surface area contributed by atoms with Crippen LogP contribution in [0.2, 0.25) is 0 Å². The number of halogens is 1. The summed E-state index contributed by atoms with van der Waals surface area (Å²) in [4.78, 5) is 33.2. The summed E-state index contributed by atoms with van der Waals surface area (Å²) in [6.07, 6.45) is 0.251. The van der Waals surface area contributed by atoms with Crippen molar-refractivity contribution in [3.05, 3.63) is 92.9 Å². The van der Waals surface area contributed by atoms with Gasteiger partial charge in [0.2, 0.25) is 0 Å². The molecule has 1 atom stereocenters. The minimum atomic E-state index is -0.531. The van der Waals surface area contributed by atoms with Crippen molar-refractivity contribution in [2.24, 2.45) is 0 Å². The van der Waals surface area contributed by atoms with Gasteiger partial charge in [0.25, 0.3) is 5.91 Å². The number of nitrogens with zero attached hydrogens (tertiary/aromatic N) is 2. The van der Waals surface area contributed by atoms with Crippen molar-refractivity contribution in [2.45, 2.75) is 33.2 Å². The number of carbonyl (C=O) groups excluding carboxylic acids is 1. The molecule has 0 aliphatic rings. The van der Waals surface area contributed by atoms with Crippen LogP contribution in [0.1, 0.15) is 45.3 Å². The van der Waals surface area contributed by atoms with E-state index in [0.29, 0.717) is 22.6 Å². The first-order chi connectivity index (χ1) is 15.8. The van der Waals surface area contributed by atoms with Crippen LogP contribution >= 0.6 is 0 Å². The minimum absolute atomic E-state index is 0.114. The third-order valence-corrected chi connectivity index (χ3v) is 5.88. The number of aliphatic hydroxyl groups is 1. The van der Waals surface area contributed by atoms with Gasteiger partial charge in [0, 0.05) is 12.7 Å². The number of nitrogens with one attached hydrogen (secondary N) is 2. The Morgan fingerprint density at radius 1 is 1.12 bits per heavy atom. The fourth-order valence-corrected chi connectivity index (χ4v) is 3.87. The first-order valence-electron chi connectivity index (χ1n) is 10.7. The number of amides is 1. The molecular weight excluding hydrogens is 423 g/mol. The van der Waals surface area contributed by atoms with E-state index in [0.717, 1.165) is 16.7 Å². The van der Waals surface area contributed by atoms with Gasteiger partial charge in [-0.3, -0.25) is 4.79 Å². The normalized spacial score (nSPS) is 12.2. The molecule has 0 saturated carbocycles. The van der Waals surface area contributed by atoms with Crippen molar-refractivity contribution in [3.63, 3.8) is 0 Å². The quantitative estimate of drug-likeness (QED) is 0.420. The van der Waals surface area contributed by atoms with Crippen molar-refractivity contribution in [3.8, 4) is 11.3 Å². The average molecular weight is 448 g/mol. The zero-order valence-corrected chi connectivity index (χ0v) is 18.6. The number of aryl methyl sites for hydroxylation is 3. The van der Waals surface area contributed by atoms with Gasteiger partial charge < -0.3 is 15.4 Å². The molecule has 0 aliphatic heterocycles. The van der Waals surface area contributed by atoms with Gasteiger partial charge in [-0.15, -0.1) is 0 Å². The summed E-state index contributed by atoms with van der Waals surface area (Å²) in [6.45, 7) is 5.51. The number of aromatic amines is 1. The van der Waals surface area contributed by atoms with Crippen molar-refractivity contribution in [1.82, 2.24) is 19.7 Å². The molecule has 2 heterocycles. The third kappa shape index (κ3) is 4.42. The maximum atomic E-state index is 13.3. The van der Waals surface area contributed by atoms with E-state index in [2.05, 4.69) is 15.3 Å². The molecule has 0 bridgehead atoms. The number of hydrogen-bond donors (Lipinski definition) is 3.